The van der Waals surface area contributed by atoms with Gasteiger partial charge in [0.1, 0.15) is 60.9 Å². The lowest BCUT2D eigenvalue weighted by Gasteiger charge is -2.22. The fourth-order valence-electron chi connectivity index (χ4n) is 12.5. The summed E-state index contributed by atoms with van der Waals surface area (Å²) in [5.41, 5.74) is 9.25. The number of aryl methyl sites for hydroxylation is 2. The summed E-state index contributed by atoms with van der Waals surface area (Å²) in [5, 5.41) is 45.9. The number of ether oxygens (including phenoxy) is 8. The number of carbonyl (C=O) groups excluding carboxylic acids is 2. The zero-order valence-electron chi connectivity index (χ0n) is 58.8. The van der Waals surface area contributed by atoms with Crippen LogP contribution in [0.2, 0.25) is 0 Å². The van der Waals surface area contributed by atoms with Crippen molar-refractivity contribution in [3.63, 3.8) is 0 Å². The Kier molecular flexibility index (Phi) is 26.5. The quantitative estimate of drug-likeness (QED) is 0.0191. The molecule has 0 fully saturated rings. The van der Waals surface area contributed by atoms with Crippen LogP contribution in [-0.2, 0) is 31.9 Å². The van der Waals surface area contributed by atoms with E-state index in [1.807, 2.05) is 60.7 Å². The van der Waals surface area contributed by atoms with Crippen LogP contribution in [0, 0.1) is 47.4 Å². The molecule has 0 unspecified atom stereocenters. The van der Waals surface area contributed by atoms with E-state index >= 15 is 0 Å². The third-order valence-corrected chi connectivity index (χ3v) is 17.5. The molecule has 0 amide bonds. The van der Waals surface area contributed by atoms with Crippen molar-refractivity contribution in [2.24, 2.45) is 0 Å². The van der Waals surface area contributed by atoms with Gasteiger partial charge in [0.25, 0.3) is 0 Å². The highest BCUT2D eigenvalue weighted by atomic mass is 16.5. The van der Waals surface area contributed by atoms with Crippen LogP contribution in [0.3, 0.4) is 0 Å². The Morgan fingerprint density at radius 3 is 0.981 bits per heavy atom. The lowest BCUT2D eigenvalue weighted by atomic mass is 9.91. The molecule has 4 N–H and O–H groups in total. The van der Waals surface area contributed by atoms with Crippen molar-refractivity contribution in [2.45, 2.75) is 77.0 Å². The van der Waals surface area contributed by atoms with Gasteiger partial charge < -0.3 is 58.3 Å². The summed E-state index contributed by atoms with van der Waals surface area (Å²) < 4.78 is 46.4. The average Bonchev–Trinajstić information content (AvgIpc) is 0.752. The summed E-state index contributed by atoms with van der Waals surface area (Å²) in [6, 6.07) is 50.9. The molecule has 2 aliphatic heterocycles. The molecule has 0 saturated heterocycles. The predicted molar refractivity (Wildman–Crippen MR) is 411 cm³/mol. The molecule has 536 valence electrons. The highest BCUT2D eigenvalue weighted by molar-refractivity contribution is 6.12. The molecule has 12 rings (SSSR count). The minimum Gasteiger partial charge on any atom is -0.493 e. The first-order valence-electron chi connectivity index (χ1n) is 35.4. The number of benzene rings is 10. The van der Waals surface area contributed by atoms with E-state index in [0.717, 1.165) is 123 Å². The maximum Gasteiger partial charge on any atom is 0.335 e. The average molecular weight is 1420 g/mol. The minimum absolute atomic E-state index is 0.158. The Morgan fingerprint density at radius 2 is 0.689 bits per heavy atom. The van der Waals surface area contributed by atoms with Crippen LogP contribution in [0.1, 0.15) is 118 Å². The highest BCUT2D eigenvalue weighted by Crippen LogP contribution is 2.48. The van der Waals surface area contributed by atoms with Crippen LogP contribution in [0.25, 0.3) is 65.3 Å². The van der Waals surface area contributed by atoms with Crippen LogP contribution in [0.4, 0.5) is 0 Å². The number of rotatable bonds is 24. The van der Waals surface area contributed by atoms with Gasteiger partial charge in [0.05, 0.1) is 37.6 Å². The number of hydrogen-bond donors (Lipinski definition) is 4. The Hall–Kier alpha value is -12.4. The predicted octanol–water partition coefficient (Wildman–Crippen LogP) is 16.3. The van der Waals surface area contributed by atoms with Gasteiger partial charge in [0.15, 0.2) is 0 Å². The molecule has 2 aliphatic rings. The monoisotopic (exact) mass is 1420 g/mol. The van der Waals surface area contributed by atoms with E-state index in [-0.39, 0.29) is 37.6 Å². The Balaban J connectivity index is 0.000000259. The van der Waals surface area contributed by atoms with E-state index in [9.17, 15) is 29.4 Å². The first-order chi connectivity index (χ1) is 51.9. The molecule has 0 atom stereocenters. The lowest BCUT2D eigenvalue weighted by Crippen LogP contribution is -2.12. The molecule has 0 radical (unpaired) electrons. The fourth-order valence-corrected chi connectivity index (χ4v) is 12.5. The van der Waals surface area contributed by atoms with Crippen LogP contribution in [0.5, 0.6) is 34.5 Å². The van der Waals surface area contributed by atoms with Crippen molar-refractivity contribution >= 4 is 67.0 Å². The second-order valence-corrected chi connectivity index (χ2v) is 24.9. The molecule has 0 bridgehead atoms. The molecule has 10 aromatic carbocycles. The van der Waals surface area contributed by atoms with E-state index in [2.05, 4.69) is 121 Å². The van der Waals surface area contributed by atoms with Gasteiger partial charge in [0.2, 0.25) is 0 Å². The summed E-state index contributed by atoms with van der Waals surface area (Å²) >= 11 is 0. The molecule has 16 nitrogen and oxygen atoms in total. The van der Waals surface area contributed by atoms with E-state index in [1.54, 1.807) is 36.4 Å². The molecule has 10 aromatic rings. The summed E-state index contributed by atoms with van der Waals surface area (Å²) in [4.78, 5) is 46.4. The number of aliphatic hydroxyl groups is 2. The van der Waals surface area contributed by atoms with Crippen molar-refractivity contribution < 1.29 is 77.5 Å². The Morgan fingerprint density at radius 1 is 0.377 bits per heavy atom. The van der Waals surface area contributed by atoms with Gasteiger partial charge in [-0.15, -0.1) is 0 Å². The number of carboxylic acid groups (broad SMARTS) is 2. The zero-order valence-corrected chi connectivity index (χ0v) is 58.8. The van der Waals surface area contributed by atoms with E-state index < -0.39 is 23.9 Å². The van der Waals surface area contributed by atoms with Crippen molar-refractivity contribution in [1.29, 1.82) is 0 Å². The molecule has 0 aromatic heterocycles. The Labute approximate surface area is 616 Å². The molecule has 16 heteroatoms. The topological polar surface area (TPSA) is 223 Å². The first kappa shape index (κ1) is 74.7. The van der Waals surface area contributed by atoms with E-state index in [4.69, 9.17) is 48.1 Å². The van der Waals surface area contributed by atoms with Gasteiger partial charge in [-0.3, -0.25) is 0 Å². The fraction of sp³-hybridized carbons (Fsp3) is 0.244. The summed E-state index contributed by atoms with van der Waals surface area (Å²) in [6.45, 7) is 9.80. The molecule has 106 heavy (non-hydrogen) atoms. The molecule has 0 spiro atoms. The number of esters is 2. The molecular formula is C90H80O16. The Bertz CT molecular complexity index is 4890. The van der Waals surface area contributed by atoms with Gasteiger partial charge in [-0.2, -0.15) is 0 Å². The number of hydrogen-bond acceptors (Lipinski definition) is 14. The van der Waals surface area contributed by atoms with Crippen molar-refractivity contribution in [3.8, 4) is 104 Å². The smallest absolute Gasteiger partial charge is 0.335 e. The number of aromatic carboxylic acids is 2. The largest absolute Gasteiger partial charge is 0.493 e. The highest BCUT2D eigenvalue weighted by Gasteiger charge is 2.24. The van der Waals surface area contributed by atoms with Crippen LogP contribution < -0.4 is 28.4 Å². The summed E-state index contributed by atoms with van der Waals surface area (Å²) in [7, 11) is 0. The van der Waals surface area contributed by atoms with Crippen molar-refractivity contribution in [3.05, 3.63) is 228 Å². The number of fused-ring (bicyclic) bond motifs is 14. The zero-order chi connectivity index (χ0) is 74.0. The van der Waals surface area contributed by atoms with E-state index in [0.29, 0.717) is 139 Å². The normalized spacial score (nSPS) is 11.6. The number of unbranched alkanes of at least 4 members (excludes halogenated alkanes) is 4. The molecule has 0 aliphatic carbocycles. The maximum absolute atomic E-state index is 12.0. The number of carboxylic acids is 2. The second-order valence-electron chi connectivity index (χ2n) is 24.9. The maximum atomic E-state index is 12.0. The molecule has 0 saturated carbocycles. The molecule has 2 heterocycles. The van der Waals surface area contributed by atoms with Gasteiger partial charge in [-0.05, 0) is 202 Å². The molecular weight excluding hydrogens is 1340 g/mol. The van der Waals surface area contributed by atoms with Crippen LogP contribution >= 0.6 is 0 Å². The summed E-state index contributed by atoms with van der Waals surface area (Å²) in [5.74, 6) is 27.1. The van der Waals surface area contributed by atoms with Crippen molar-refractivity contribution in [1.82, 2.24) is 0 Å². The van der Waals surface area contributed by atoms with Crippen LogP contribution in [0.15, 0.2) is 183 Å². The second kappa shape index (κ2) is 37.7. The minimum atomic E-state index is -1.01. The standard InChI is InChI=1S/C58H52O12.C32H28O4/c1-3-53(59)69-31-11-29-65-45-21-25-49(57(61)62)41(37-45)15-9-5-7-13-39-17-23-47-43(35-39)19-27-51-55(47)56-48-24-18-40(36-44(48)20-28-52(56)68-34-33-67-51)14-8-6-10-16-42-38-46(22-26-50(42)58(63)64)66-30-12-32-70-54(60)4-2;33-17-5-1-3-7-23-9-13-27-25(21-23)11-15-29-31(27)32-28-14-10-24(8-4-2-6-18-34)22-26(28)12-16-30(32)36-20-19-35-29/h3-4,17-28,35-38H,1-2,5-6,9-12,15-16,29-34H2,(H,61,62)(H,63,64);9-16,21-22,33-34H,1-2,5-6,17-20H2. The third-order valence-electron chi connectivity index (χ3n) is 17.5. The van der Waals surface area contributed by atoms with Crippen molar-refractivity contribution in [2.75, 3.05) is 66.1 Å². The first-order valence-corrected chi connectivity index (χ1v) is 35.4. The lowest BCUT2D eigenvalue weighted by molar-refractivity contribution is -0.138. The van der Waals surface area contributed by atoms with Gasteiger partial charge in [-0.1, -0.05) is 109 Å². The van der Waals surface area contributed by atoms with Gasteiger partial charge in [-0.25, -0.2) is 19.2 Å². The third kappa shape index (κ3) is 19.6. The number of carbonyl (C=O) groups is 4. The summed E-state index contributed by atoms with van der Waals surface area (Å²) in [6.07, 6.45) is 9.30. The van der Waals surface area contributed by atoms with Gasteiger partial charge >= 0.3 is 23.9 Å². The number of aliphatic hydroxyl groups excluding tert-OH is 2. The van der Waals surface area contributed by atoms with Gasteiger partial charge in [0, 0.05) is 108 Å². The van der Waals surface area contributed by atoms with Crippen LogP contribution in [-0.4, -0.2) is 110 Å². The SMILES string of the molecule is C=CC(=O)OCCCOc1ccc(C(=O)O)c(CCCC#Cc2ccc3c4c(ccc3c2)OCCOc2ccc3cc(C#CCCCc5cc(OCCCOC(=O)C=C)ccc5C(=O)O)ccc3c2-4)c1.OCCCC#Cc1ccc2c3c(ccc2c1)OCCOc1ccc2cc(C#CCCCO)ccc2c1-3. The van der Waals surface area contributed by atoms with E-state index in [1.165, 1.54) is 0 Å².